The summed E-state index contributed by atoms with van der Waals surface area (Å²) >= 11 is 0. The fraction of sp³-hybridized carbons (Fsp3) is 0.240. The van der Waals surface area contributed by atoms with Crippen LogP contribution in [0.1, 0.15) is 23.6 Å². The van der Waals surface area contributed by atoms with Crippen molar-refractivity contribution in [2.24, 2.45) is 0 Å². The number of carbonyl (C=O) groups excluding carboxylic acids is 1. The molecule has 1 N–H and O–H groups in total. The standard InChI is InChI=1S/C25H25F3N2O4S/c1-3-34-23-13-12-22(14-18(23)2)35(32,33)30(16-19-8-5-4-6-9-19)17-24(31)29-21-11-7-10-20(15-21)25(26,27)28/h4-15H,3,16-17H2,1-2H3,(H,29,31). The molecule has 0 spiro atoms. The molecule has 0 bridgehead atoms. The van der Waals surface area contributed by atoms with Gasteiger partial charge in [-0.2, -0.15) is 17.5 Å². The van der Waals surface area contributed by atoms with E-state index in [1.807, 2.05) is 6.92 Å². The molecule has 3 aromatic carbocycles. The lowest BCUT2D eigenvalue weighted by atomic mass is 10.2. The first kappa shape index (κ1) is 26.2. The Bertz CT molecular complexity index is 1280. The third-order valence-electron chi connectivity index (χ3n) is 5.08. The summed E-state index contributed by atoms with van der Waals surface area (Å²) in [6.07, 6.45) is -4.57. The zero-order valence-corrected chi connectivity index (χ0v) is 20.0. The van der Waals surface area contributed by atoms with E-state index in [0.717, 1.165) is 16.4 Å². The molecular formula is C25H25F3N2O4S. The smallest absolute Gasteiger partial charge is 0.416 e. The lowest BCUT2D eigenvalue weighted by Crippen LogP contribution is -2.37. The molecule has 3 aromatic rings. The van der Waals surface area contributed by atoms with Crippen LogP contribution in [0.15, 0.2) is 77.7 Å². The molecule has 0 aliphatic rings. The normalized spacial score (nSPS) is 11.9. The van der Waals surface area contributed by atoms with Gasteiger partial charge in [-0.1, -0.05) is 36.4 Å². The maximum atomic E-state index is 13.5. The van der Waals surface area contributed by atoms with E-state index in [0.29, 0.717) is 23.5 Å². The van der Waals surface area contributed by atoms with Gasteiger partial charge in [0, 0.05) is 12.2 Å². The molecule has 1 amide bonds. The molecule has 0 aliphatic carbocycles. The summed E-state index contributed by atoms with van der Waals surface area (Å²) in [5, 5.41) is 2.37. The van der Waals surface area contributed by atoms with Crippen LogP contribution in [0.3, 0.4) is 0 Å². The van der Waals surface area contributed by atoms with E-state index < -0.39 is 34.2 Å². The summed E-state index contributed by atoms with van der Waals surface area (Å²) in [4.78, 5) is 12.7. The van der Waals surface area contributed by atoms with Crippen LogP contribution in [-0.4, -0.2) is 31.8 Å². The number of nitrogens with one attached hydrogen (secondary N) is 1. The van der Waals surface area contributed by atoms with Crippen LogP contribution in [0.2, 0.25) is 0 Å². The van der Waals surface area contributed by atoms with Crippen molar-refractivity contribution in [3.63, 3.8) is 0 Å². The molecule has 0 heterocycles. The number of anilines is 1. The minimum Gasteiger partial charge on any atom is -0.494 e. The Labute approximate surface area is 202 Å². The summed E-state index contributed by atoms with van der Waals surface area (Å²) in [5.74, 6) is -0.227. The number of halogens is 3. The highest BCUT2D eigenvalue weighted by Crippen LogP contribution is 2.31. The Hall–Kier alpha value is -3.37. The van der Waals surface area contributed by atoms with Gasteiger partial charge in [-0.05, 0) is 61.4 Å². The van der Waals surface area contributed by atoms with E-state index >= 15 is 0 Å². The van der Waals surface area contributed by atoms with Gasteiger partial charge in [0.2, 0.25) is 15.9 Å². The quantitative estimate of drug-likeness (QED) is 0.431. The summed E-state index contributed by atoms with van der Waals surface area (Å²) < 4.78 is 72.4. The second-order valence-electron chi connectivity index (χ2n) is 7.75. The van der Waals surface area contributed by atoms with Crippen molar-refractivity contribution in [2.45, 2.75) is 31.5 Å². The number of carbonyl (C=O) groups is 1. The largest absolute Gasteiger partial charge is 0.494 e. The summed E-state index contributed by atoms with van der Waals surface area (Å²) in [6, 6.07) is 17.3. The maximum Gasteiger partial charge on any atom is 0.416 e. The third kappa shape index (κ3) is 6.83. The summed E-state index contributed by atoms with van der Waals surface area (Å²) in [6.45, 7) is 3.24. The number of sulfonamides is 1. The number of amides is 1. The summed E-state index contributed by atoms with van der Waals surface area (Å²) in [5.41, 5.74) is 0.249. The van der Waals surface area contributed by atoms with Crippen LogP contribution in [0, 0.1) is 6.92 Å². The van der Waals surface area contributed by atoms with Gasteiger partial charge in [-0.15, -0.1) is 0 Å². The molecule has 0 fully saturated rings. The Morgan fingerprint density at radius 2 is 1.71 bits per heavy atom. The predicted molar refractivity (Wildman–Crippen MR) is 126 cm³/mol. The Morgan fingerprint density at radius 1 is 1.00 bits per heavy atom. The molecule has 6 nitrogen and oxygen atoms in total. The first-order chi connectivity index (χ1) is 16.5. The van der Waals surface area contributed by atoms with Gasteiger partial charge in [0.05, 0.1) is 23.6 Å². The first-order valence-electron chi connectivity index (χ1n) is 10.8. The fourth-order valence-electron chi connectivity index (χ4n) is 3.40. The van der Waals surface area contributed by atoms with Crippen LogP contribution >= 0.6 is 0 Å². The Morgan fingerprint density at radius 3 is 2.34 bits per heavy atom. The van der Waals surface area contributed by atoms with E-state index in [9.17, 15) is 26.4 Å². The Kier molecular flexibility index (Phi) is 8.18. The molecule has 10 heteroatoms. The third-order valence-corrected chi connectivity index (χ3v) is 6.87. The second kappa shape index (κ2) is 10.9. The van der Waals surface area contributed by atoms with Crippen molar-refractivity contribution in [1.29, 1.82) is 0 Å². The van der Waals surface area contributed by atoms with Crippen molar-refractivity contribution in [3.05, 3.63) is 89.5 Å². The summed E-state index contributed by atoms with van der Waals surface area (Å²) in [7, 11) is -4.14. The number of benzene rings is 3. The topological polar surface area (TPSA) is 75.7 Å². The molecule has 0 saturated heterocycles. The zero-order valence-electron chi connectivity index (χ0n) is 19.2. The van der Waals surface area contributed by atoms with Gasteiger partial charge in [0.15, 0.2) is 0 Å². The van der Waals surface area contributed by atoms with Crippen LogP contribution in [-0.2, 0) is 27.5 Å². The lowest BCUT2D eigenvalue weighted by Gasteiger charge is -2.22. The highest BCUT2D eigenvalue weighted by Gasteiger charge is 2.31. The predicted octanol–water partition coefficient (Wildman–Crippen LogP) is 5.24. The van der Waals surface area contributed by atoms with E-state index in [2.05, 4.69) is 5.32 Å². The molecule has 0 unspecified atom stereocenters. The lowest BCUT2D eigenvalue weighted by molar-refractivity contribution is -0.137. The van der Waals surface area contributed by atoms with Crippen molar-refractivity contribution in [2.75, 3.05) is 18.5 Å². The number of alkyl halides is 3. The van der Waals surface area contributed by atoms with Gasteiger partial charge in [0.25, 0.3) is 0 Å². The van der Waals surface area contributed by atoms with E-state index in [1.165, 1.54) is 24.3 Å². The highest BCUT2D eigenvalue weighted by molar-refractivity contribution is 7.89. The van der Waals surface area contributed by atoms with Crippen LogP contribution in [0.5, 0.6) is 5.75 Å². The van der Waals surface area contributed by atoms with Crippen molar-refractivity contribution in [1.82, 2.24) is 4.31 Å². The number of aryl methyl sites for hydroxylation is 1. The van der Waals surface area contributed by atoms with Crippen LogP contribution in [0.4, 0.5) is 18.9 Å². The van der Waals surface area contributed by atoms with E-state index in [1.54, 1.807) is 43.3 Å². The molecule has 0 saturated carbocycles. The molecule has 0 aromatic heterocycles. The van der Waals surface area contributed by atoms with Gasteiger partial charge < -0.3 is 10.1 Å². The minimum absolute atomic E-state index is 0.0266. The number of hydrogen-bond donors (Lipinski definition) is 1. The van der Waals surface area contributed by atoms with Crippen molar-refractivity contribution in [3.8, 4) is 5.75 Å². The highest BCUT2D eigenvalue weighted by atomic mass is 32.2. The average Bonchev–Trinajstić information content (AvgIpc) is 2.80. The number of ether oxygens (including phenoxy) is 1. The molecule has 0 radical (unpaired) electrons. The molecule has 3 rings (SSSR count). The van der Waals surface area contributed by atoms with Crippen molar-refractivity contribution >= 4 is 21.6 Å². The van der Waals surface area contributed by atoms with Gasteiger partial charge in [-0.25, -0.2) is 8.42 Å². The minimum atomic E-state index is -4.57. The SMILES string of the molecule is CCOc1ccc(S(=O)(=O)N(CC(=O)Nc2cccc(C(F)(F)F)c2)Cc2ccccc2)cc1C. The van der Waals surface area contributed by atoms with Crippen molar-refractivity contribution < 1.29 is 31.1 Å². The van der Waals surface area contributed by atoms with Gasteiger partial charge >= 0.3 is 6.18 Å². The van der Waals surface area contributed by atoms with Crippen LogP contribution in [0.25, 0.3) is 0 Å². The van der Waals surface area contributed by atoms with Crippen LogP contribution < -0.4 is 10.1 Å². The Balaban J connectivity index is 1.88. The number of hydrogen-bond acceptors (Lipinski definition) is 4. The molecular weight excluding hydrogens is 481 g/mol. The number of nitrogens with zero attached hydrogens (tertiary/aromatic N) is 1. The monoisotopic (exact) mass is 506 g/mol. The zero-order chi connectivity index (χ0) is 25.6. The van der Waals surface area contributed by atoms with Gasteiger partial charge in [-0.3, -0.25) is 4.79 Å². The molecule has 0 atom stereocenters. The number of rotatable bonds is 9. The molecule has 0 aliphatic heterocycles. The van der Waals surface area contributed by atoms with E-state index in [4.69, 9.17) is 4.74 Å². The van der Waals surface area contributed by atoms with Gasteiger partial charge in [0.1, 0.15) is 5.75 Å². The fourth-order valence-corrected chi connectivity index (χ4v) is 4.87. The second-order valence-corrected chi connectivity index (χ2v) is 9.68. The first-order valence-corrected chi connectivity index (χ1v) is 12.2. The molecule has 35 heavy (non-hydrogen) atoms. The molecule has 186 valence electrons. The maximum absolute atomic E-state index is 13.5. The van der Waals surface area contributed by atoms with E-state index in [-0.39, 0.29) is 17.1 Å². The average molecular weight is 507 g/mol.